The minimum Gasteiger partial charge on any atom is -0.324 e. The molecule has 0 spiro atoms. The Labute approximate surface area is 179 Å². The third kappa shape index (κ3) is 3.70. The number of benzene rings is 2. The minimum absolute atomic E-state index is 0.0914. The van der Waals surface area contributed by atoms with Gasteiger partial charge in [0.05, 0.1) is 16.8 Å². The van der Waals surface area contributed by atoms with E-state index in [4.69, 9.17) is 0 Å². The van der Waals surface area contributed by atoms with Crippen LogP contribution in [0.25, 0.3) is 5.69 Å². The van der Waals surface area contributed by atoms with Crippen molar-refractivity contribution in [1.29, 1.82) is 0 Å². The highest BCUT2D eigenvalue weighted by atomic mass is 16.2. The number of nitrogens with zero attached hydrogens (tertiary/aromatic N) is 5. The van der Waals surface area contributed by atoms with Crippen LogP contribution in [0, 0.1) is 12.8 Å². The third-order valence-corrected chi connectivity index (χ3v) is 5.29. The van der Waals surface area contributed by atoms with Crippen molar-refractivity contribution < 1.29 is 14.4 Å². The number of hydrogen-bond acceptors (Lipinski definition) is 6. The van der Waals surface area contributed by atoms with Gasteiger partial charge in [-0.1, -0.05) is 32.0 Å². The van der Waals surface area contributed by atoms with Crippen molar-refractivity contribution in [2.75, 3.05) is 5.32 Å². The van der Waals surface area contributed by atoms with Crippen LogP contribution >= 0.6 is 0 Å². The fourth-order valence-electron chi connectivity index (χ4n) is 3.76. The highest BCUT2D eigenvalue weighted by Crippen LogP contribution is 2.28. The minimum atomic E-state index is -0.927. The summed E-state index contributed by atoms with van der Waals surface area (Å²) in [7, 11) is 0. The molecule has 0 aliphatic carbocycles. The maximum Gasteiger partial charge on any atom is 0.262 e. The lowest BCUT2D eigenvalue weighted by Gasteiger charge is -2.27. The lowest BCUT2D eigenvalue weighted by atomic mass is 10.0. The van der Waals surface area contributed by atoms with Gasteiger partial charge in [-0.05, 0) is 59.5 Å². The third-order valence-electron chi connectivity index (χ3n) is 5.29. The molecule has 0 unspecified atom stereocenters. The second kappa shape index (κ2) is 8.10. The van der Waals surface area contributed by atoms with Gasteiger partial charge >= 0.3 is 0 Å². The van der Waals surface area contributed by atoms with Gasteiger partial charge in [0, 0.05) is 5.69 Å². The smallest absolute Gasteiger partial charge is 0.262 e. The number of carbonyl (C=O) groups excluding carboxylic acids is 3. The predicted octanol–water partition coefficient (Wildman–Crippen LogP) is 2.62. The zero-order chi connectivity index (χ0) is 22.1. The van der Waals surface area contributed by atoms with Gasteiger partial charge in [-0.2, -0.15) is 0 Å². The number of imide groups is 1. The molecule has 1 aliphatic rings. The number of nitrogens with one attached hydrogen (secondary N) is 1. The molecule has 4 rings (SSSR count). The standard InChI is InChI=1S/C22H22N6O3/c1-13(2)11-19(28-21(30)15-7-4-5-8-16(15)22(28)31)20(29)24-17-9-6-10-18(14(17)3)27-12-23-25-26-27/h4-10,12-13,19H,11H2,1-3H3,(H,24,29)/t19-/m1/s1. The van der Waals surface area contributed by atoms with Gasteiger partial charge in [0.15, 0.2) is 0 Å². The van der Waals surface area contributed by atoms with Crippen molar-refractivity contribution >= 4 is 23.4 Å². The molecular formula is C22H22N6O3. The summed E-state index contributed by atoms with van der Waals surface area (Å²) in [5.74, 6) is -1.21. The lowest BCUT2D eigenvalue weighted by Crippen LogP contribution is -2.48. The van der Waals surface area contributed by atoms with Gasteiger partial charge in [-0.15, -0.1) is 5.10 Å². The first-order valence-corrected chi connectivity index (χ1v) is 9.99. The van der Waals surface area contributed by atoms with Gasteiger partial charge in [-0.3, -0.25) is 19.3 Å². The SMILES string of the molecule is Cc1c(NC(=O)[C@@H](CC(C)C)N2C(=O)c3ccccc3C2=O)cccc1-n1cnnn1. The van der Waals surface area contributed by atoms with E-state index in [0.717, 1.165) is 10.5 Å². The number of carbonyl (C=O) groups is 3. The van der Waals surface area contributed by atoms with Crippen molar-refractivity contribution in [3.8, 4) is 5.69 Å². The molecule has 2 aromatic carbocycles. The van der Waals surface area contributed by atoms with E-state index in [1.165, 1.54) is 11.0 Å². The van der Waals surface area contributed by atoms with Crippen molar-refractivity contribution in [3.05, 3.63) is 65.5 Å². The molecule has 0 saturated heterocycles. The van der Waals surface area contributed by atoms with E-state index in [1.807, 2.05) is 26.8 Å². The number of rotatable bonds is 6. The van der Waals surface area contributed by atoms with Crippen LogP contribution in [0.1, 0.15) is 46.5 Å². The maximum absolute atomic E-state index is 13.3. The number of anilines is 1. The average Bonchev–Trinajstić information content (AvgIpc) is 3.36. The lowest BCUT2D eigenvalue weighted by molar-refractivity contribution is -0.120. The van der Waals surface area contributed by atoms with Crippen LogP contribution in [-0.2, 0) is 4.79 Å². The normalized spacial score (nSPS) is 14.1. The Kier molecular flexibility index (Phi) is 5.33. The summed E-state index contributed by atoms with van der Waals surface area (Å²) in [5.41, 5.74) is 2.68. The molecule has 1 aliphatic heterocycles. The summed E-state index contributed by atoms with van der Waals surface area (Å²) in [6.45, 7) is 5.73. The second-order valence-electron chi connectivity index (χ2n) is 7.86. The molecule has 1 N–H and O–H groups in total. The van der Waals surface area contributed by atoms with E-state index in [9.17, 15) is 14.4 Å². The molecular weight excluding hydrogens is 396 g/mol. The van der Waals surface area contributed by atoms with Crippen LogP contribution in [0.4, 0.5) is 5.69 Å². The number of tetrazole rings is 1. The van der Waals surface area contributed by atoms with Crippen LogP contribution in [0.3, 0.4) is 0 Å². The largest absolute Gasteiger partial charge is 0.324 e. The fraction of sp³-hybridized carbons (Fsp3) is 0.273. The molecule has 9 heteroatoms. The molecule has 1 atom stereocenters. The zero-order valence-corrected chi connectivity index (χ0v) is 17.4. The molecule has 2 heterocycles. The van der Waals surface area contributed by atoms with Gasteiger partial charge < -0.3 is 5.32 Å². The summed E-state index contributed by atoms with van der Waals surface area (Å²) in [5, 5.41) is 14.1. The first-order chi connectivity index (χ1) is 14.9. The fourth-order valence-corrected chi connectivity index (χ4v) is 3.76. The summed E-state index contributed by atoms with van der Waals surface area (Å²) in [6, 6.07) is 11.1. The summed E-state index contributed by atoms with van der Waals surface area (Å²) < 4.78 is 1.50. The molecule has 158 valence electrons. The van der Waals surface area contributed by atoms with E-state index >= 15 is 0 Å². The first-order valence-electron chi connectivity index (χ1n) is 9.99. The molecule has 0 saturated carbocycles. The van der Waals surface area contributed by atoms with Crippen LogP contribution < -0.4 is 5.32 Å². The van der Waals surface area contributed by atoms with Crippen molar-refractivity contribution in [3.63, 3.8) is 0 Å². The molecule has 3 aromatic rings. The summed E-state index contributed by atoms with van der Waals surface area (Å²) in [6.07, 6.45) is 1.82. The van der Waals surface area contributed by atoms with Crippen molar-refractivity contribution in [2.45, 2.75) is 33.2 Å². The van der Waals surface area contributed by atoms with Crippen LogP contribution in [0.15, 0.2) is 48.8 Å². The topological polar surface area (TPSA) is 110 Å². The summed E-state index contributed by atoms with van der Waals surface area (Å²) in [4.78, 5) is 40.3. The molecule has 31 heavy (non-hydrogen) atoms. The van der Waals surface area contributed by atoms with Crippen LogP contribution in [0.5, 0.6) is 0 Å². The van der Waals surface area contributed by atoms with E-state index in [-0.39, 0.29) is 5.92 Å². The Morgan fingerprint density at radius 2 is 1.71 bits per heavy atom. The maximum atomic E-state index is 13.3. The molecule has 9 nitrogen and oxygen atoms in total. The number of amides is 3. The molecule has 1 aromatic heterocycles. The van der Waals surface area contributed by atoms with Gasteiger partial charge in [0.1, 0.15) is 12.4 Å². The quantitative estimate of drug-likeness (QED) is 0.616. The Morgan fingerprint density at radius 3 is 2.29 bits per heavy atom. The van der Waals surface area contributed by atoms with Gasteiger partial charge in [0.2, 0.25) is 5.91 Å². The molecule has 0 bridgehead atoms. The molecule has 3 amide bonds. The molecule has 0 fully saturated rings. The van der Waals surface area contributed by atoms with E-state index in [2.05, 4.69) is 20.8 Å². The highest BCUT2D eigenvalue weighted by Gasteiger charge is 2.42. The second-order valence-corrected chi connectivity index (χ2v) is 7.86. The van der Waals surface area contributed by atoms with E-state index in [1.54, 1.807) is 36.4 Å². The van der Waals surface area contributed by atoms with Crippen molar-refractivity contribution in [2.24, 2.45) is 5.92 Å². The van der Waals surface area contributed by atoms with Crippen LogP contribution in [0.2, 0.25) is 0 Å². The predicted molar refractivity (Wildman–Crippen MR) is 113 cm³/mol. The van der Waals surface area contributed by atoms with Crippen LogP contribution in [-0.4, -0.2) is 48.9 Å². The average molecular weight is 418 g/mol. The Balaban J connectivity index is 1.65. The number of aromatic nitrogens is 4. The first kappa shape index (κ1) is 20.4. The molecule has 0 radical (unpaired) electrons. The van der Waals surface area contributed by atoms with Gasteiger partial charge in [-0.25, -0.2) is 4.68 Å². The number of fused-ring (bicyclic) bond motifs is 1. The Morgan fingerprint density at radius 1 is 1.03 bits per heavy atom. The Bertz CT molecular complexity index is 1120. The van der Waals surface area contributed by atoms with E-state index in [0.29, 0.717) is 28.9 Å². The van der Waals surface area contributed by atoms with Crippen molar-refractivity contribution in [1.82, 2.24) is 25.1 Å². The highest BCUT2D eigenvalue weighted by molar-refractivity contribution is 6.23. The monoisotopic (exact) mass is 418 g/mol. The zero-order valence-electron chi connectivity index (χ0n) is 17.4. The Hall–Kier alpha value is -3.88. The summed E-state index contributed by atoms with van der Waals surface area (Å²) >= 11 is 0. The van der Waals surface area contributed by atoms with E-state index < -0.39 is 23.8 Å². The number of hydrogen-bond donors (Lipinski definition) is 1. The van der Waals surface area contributed by atoms with Gasteiger partial charge in [0.25, 0.3) is 11.8 Å².